The number of aliphatic hydroxyl groups excluding tert-OH is 1. The number of fused-ring (bicyclic) bond motifs is 1. The number of hydrogen-bond acceptors (Lipinski definition) is 4. The summed E-state index contributed by atoms with van der Waals surface area (Å²) in [5.41, 5.74) is 6.68. The standard InChI is InChI=1S/C12H16ClNO3/c1-6(2)12(15)11(14)7-3-9-10(4-8(7)13)17-5-16-9/h3-4,6,11-12,15H,5,14H2,1-2H3/t11-,12+/m0/s1. The van der Waals surface area contributed by atoms with Crippen LogP contribution in [0.25, 0.3) is 0 Å². The number of nitrogens with two attached hydrogens (primary N) is 1. The quantitative estimate of drug-likeness (QED) is 0.870. The molecular formula is C12H16ClNO3. The molecule has 0 unspecified atom stereocenters. The van der Waals surface area contributed by atoms with Crippen molar-refractivity contribution in [3.8, 4) is 11.5 Å². The first kappa shape index (κ1) is 12.5. The zero-order valence-electron chi connectivity index (χ0n) is 9.81. The second-order valence-electron chi connectivity index (χ2n) is 4.49. The van der Waals surface area contributed by atoms with E-state index in [2.05, 4.69) is 0 Å². The van der Waals surface area contributed by atoms with Crippen LogP contribution in [0.3, 0.4) is 0 Å². The Labute approximate surface area is 105 Å². The lowest BCUT2D eigenvalue weighted by molar-refractivity contribution is 0.0979. The summed E-state index contributed by atoms with van der Waals surface area (Å²) in [6, 6.07) is 2.88. The summed E-state index contributed by atoms with van der Waals surface area (Å²) in [4.78, 5) is 0. The average molecular weight is 258 g/mol. The van der Waals surface area contributed by atoms with Crippen molar-refractivity contribution in [3.05, 3.63) is 22.7 Å². The smallest absolute Gasteiger partial charge is 0.231 e. The molecule has 0 saturated heterocycles. The lowest BCUT2D eigenvalue weighted by atomic mass is 9.94. The lowest BCUT2D eigenvalue weighted by Crippen LogP contribution is -2.30. The summed E-state index contributed by atoms with van der Waals surface area (Å²) in [6.07, 6.45) is -0.645. The van der Waals surface area contributed by atoms with E-state index in [4.69, 9.17) is 26.8 Å². The van der Waals surface area contributed by atoms with Crippen molar-refractivity contribution in [1.29, 1.82) is 0 Å². The normalized spacial score (nSPS) is 17.3. The summed E-state index contributed by atoms with van der Waals surface area (Å²) in [5.74, 6) is 1.30. The van der Waals surface area contributed by atoms with Crippen molar-refractivity contribution in [1.82, 2.24) is 0 Å². The molecule has 0 amide bonds. The van der Waals surface area contributed by atoms with Gasteiger partial charge in [-0.1, -0.05) is 25.4 Å². The molecule has 0 radical (unpaired) electrons. The van der Waals surface area contributed by atoms with Crippen LogP contribution in [0.15, 0.2) is 12.1 Å². The van der Waals surface area contributed by atoms with Crippen LogP contribution in [0.5, 0.6) is 11.5 Å². The topological polar surface area (TPSA) is 64.7 Å². The third kappa shape index (κ3) is 2.34. The molecule has 94 valence electrons. The average Bonchev–Trinajstić information content (AvgIpc) is 2.72. The van der Waals surface area contributed by atoms with Gasteiger partial charge >= 0.3 is 0 Å². The van der Waals surface area contributed by atoms with E-state index in [-0.39, 0.29) is 12.7 Å². The Hall–Kier alpha value is -0.970. The van der Waals surface area contributed by atoms with Crippen LogP contribution in [0.1, 0.15) is 25.5 Å². The molecule has 2 rings (SSSR count). The zero-order chi connectivity index (χ0) is 12.6. The molecule has 1 heterocycles. The van der Waals surface area contributed by atoms with Crippen molar-refractivity contribution in [3.63, 3.8) is 0 Å². The van der Waals surface area contributed by atoms with E-state index in [1.807, 2.05) is 13.8 Å². The predicted octanol–water partition coefficient (Wildman–Crippen LogP) is 2.09. The van der Waals surface area contributed by atoms with Crippen LogP contribution in [0.4, 0.5) is 0 Å². The fraction of sp³-hybridized carbons (Fsp3) is 0.500. The van der Waals surface area contributed by atoms with Crippen molar-refractivity contribution in [2.45, 2.75) is 26.0 Å². The van der Waals surface area contributed by atoms with Crippen LogP contribution in [-0.2, 0) is 0 Å². The summed E-state index contributed by atoms with van der Waals surface area (Å²) >= 11 is 6.12. The summed E-state index contributed by atoms with van der Waals surface area (Å²) < 4.78 is 10.5. The van der Waals surface area contributed by atoms with Crippen LogP contribution >= 0.6 is 11.6 Å². The van der Waals surface area contributed by atoms with Gasteiger partial charge in [-0.25, -0.2) is 0 Å². The summed E-state index contributed by atoms with van der Waals surface area (Å²) in [5, 5.41) is 10.5. The molecule has 2 atom stereocenters. The van der Waals surface area contributed by atoms with Crippen molar-refractivity contribution >= 4 is 11.6 Å². The van der Waals surface area contributed by atoms with Gasteiger partial charge in [0, 0.05) is 11.1 Å². The molecule has 1 aromatic rings. The molecule has 1 aliphatic rings. The largest absolute Gasteiger partial charge is 0.454 e. The molecule has 0 spiro atoms. The van der Waals surface area contributed by atoms with Gasteiger partial charge in [0.05, 0.1) is 12.1 Å². The van der Waals surface area contributed by atoms with Crippen molar-refractivity contribution < 1.29 is 14.6 Å². The maximum atomic E-state index is 9.97. The highest BCUT2D eigenvalue weighted by Crippen LogP contribution is 2.39. The maximum absolute atomic E-state index is 9.97. The van der Waals surface area contributed by atoms with Gasteiger partial charge in [-0.2, -0.15) is 0 Å². The highest BCUT2D eigenvalue weighted by atomic mass is 35.5. The van der Waals surface area contributed by atoms with Gasteiger partial charge in [0.2, 0.25) is 6.79 Å². The van der Waals surface area contributed by atoms with Crippen molar-refractivity contribution in [2.75, 3.05) is 6.79 Å². The Morgan fingerprint density at radius 2 is 1.88 bits per heavy atom. The number of halogens is 1. The molecule has 4 nitrogen and oxygen atoms in total. The van der Waals surface area contributed by atoms with Gasteiger partial charge < -0.3 is 20.3 Å². The van der Waals surface area contributed by atoms with Gasteiger partial charge in [-0.3, -0.25) is 0 Å². The molecule has 0 bridgehead atoms. The minimum Gasteiger partial charge on any atom is -0.454 e. The first-order chi connectivity index (χ1) is 8.00. The Balaban J connectivity index is 2.32. The molecule has 0 saturated carbocycles. The monoisotopic (exact) mass is 257 g/mol. The van der Waals surface area contributed by atoms with E-state index < -0.39 is 12.1 Å². The first-order valence-corrected chi connectivity index (χ1v) is 5.91. The fourth-order valence-corrected chi connectivity index (χ4v) is 2.07. The number of ether oxygens (including phenoxy) is 2. The number of rotatable bonds is 3. The number of hydrogen-bond donors (Lipinski definition) is 2. The maximum Gasteiger partial charge on any atom is 0.231 e. The highest BCUT2D eigenvalue weighted by Gasteiger charge is 2.25. The van der Waals surface area contributed by atoms with Crippen molar-refractivity contribution in [2.24, 2.45) is 11.7 Å². The van der Waals surface area contributed by atoms with Gasteiger partial charge in [0.1, 0.15) is 0 Å². The highest BCUT2D eigenvalue weighted by molar-refractivity contribution is 6.31. The molecule has 0 aliphatic carbocycles. The molecule has 3 N–H and O–H groups in total. The van der Waals surface area contributed by atoms with E-state index in [0.29, 0.717) is 22.1 Å². The van der Waals surface area contributed by atoms with Gasteiger partial charge in [-0.15, -0.1) is 0 Å². The zero-order valence-corrected chi connectivity index (χ0v) is 10.6. The first-order valence-electron chi connectivity index (χ1n) is 5.53. The molecule has 17 heavy (non-hydrogen) atoms. The van der Waals surface area contributed by atoms with E-state index in [1.165, 1.54) is 0 Å². The minimum absolute atomic E-state index is 0.0616. The predicted molar refractivity (Wildman–Crippen MR) is 65.3 cm³/mol. The summed E-state index contributed by atoms with van der Waals surface area (Å²) in [7, 11) is 0. The fourth-order valence-electron chi connectivity index (χ4n) is 1.79. The molecule has 0 aromatic heterocycles. The number of benzene rings is 1. The van der Waals surface area contributed by atoms with E-state index >= 15 is 0 Å². The SMILES string of the molecule is CC(C)[C@@H](O)[C@@H](N)c1cc2c(cc1Cl)OCO2. The molecule has 0 fully saturated rings. The van der Waals surface area contributed by atoms with Gasteiger partial charge in [0.25, 0.3) is 0 Å². The van der Waals surface area contributed by atoms with E-state index in [9.17, 15) is 5.11 Å². The third-order valence-corrected chi connectivity index (χ3v) is 3.23. The summed E-state index contributed by atoms with van der Waals surface area (Å²) in [6.45, 7) is 4.01. The van der Waals surface area contributed by atoms with Crippen LogP contribution in [-0.4, -0.2) is 18.0 Å². The Morgan fingerprint density at radius 3 is 2.47 bits per heavy atom. The Kier molecular flexibility index (Phi) is 3.47. The number of aliphatic hydroxyl groups is 1. The molecule has 5 heteroatoms. The van der Waals surface area contributed by atoms with Crippen LogP contribution in [0.2, 0.25) is 5.02 Å². The van der Waals surface area contributed by atoms with E-state index in [1.54, 1.807) is 12.1 Å². The van der Waals surface area contributed by atoms with Gasteiger partial charge in [0.15, 0.2) is 11.5 Å². The van der Waals surface area contributed by atoms with Crippen LogP contribution < -0.4 is 15.2 Å². The Bertz CT molecular complexity index is 422. The molecule has 1 aromatic carbocycles. The second kappa shape index (κ2) is 4.72. The minimum atomic E-state index is -0.645. The molecule has 1 aliphatic heterocycles. The Morgan fingerprint density at radius 1 is 1.29 bits per heavy atom. The third-order valence-electron chi connectivity index (χ3n) is 2.90. The van der Waals surface area contributed by atoms with Gasteiger partial charge in [-0.05, 0) is 17.5 Å². The van der Waals surface area contributed by atoms with Crippen LogP contribution in [0, 0.1) is 5.92 Å². The second-order valence-corrected chi connectivity index (χ2v) is 4.89. The lowest BCUT2D eigenvalue weighted by Gasteiger charge is -2.23. The van der Waals surface area contributed by atoms with E-state index in [0.717, 1.165) is 0 Å². The molecular weight excluding hydrogens is 242 g/mol.